The smallest absolute Gasteiger partial charge is 0.326 e. The normalized spacial score (nSPS) is 23.0. The number of aromatic nitrogens is 5. The van der Waals surface area contributed by atoms with Gasteiger partial charge in [-0.3, -0.25) is 14.8 Å². The lowest BCUT2D eigenvalue weighted by Crippen LogP contribution is -2.31. The lowest BCUT2D eigenvalue weighted by Gasteiger charge is -2.17. The zero-order chi connectivity index (χ0) is 24.3. The van der Waals surface area contributed by atoms with Gasteiger partial charge in [0.15, 0.2) is 11.1 Å². The van der Waals surface area contributed by atoms with Crippen LogP contribution >= 0.6 is 11.8 Å². The number of halogens is 2. The van der Waals surface area contributed by atoms with Crippen molar-refractivity contribution in [2.75, 3.05) is 13.1 Å². The second-order valence-electron chi connectivity index (χ2n) is 8.96. The van der Waals surface area contributed by atoms with Crippen LogP contribution in [0.2, 0.25) is 0 Å². The molecule has 0 spiro atoms. The summed E-state index contributed by atoms with van der Waals surface area (Å²) in [6, 6.07) is 2.07. The van der Waals surface area contributed by atoms with Crippen LogP contribution in [-0.4, -0.2) is 65.5 Å². The first kappa shape index (κ1) is 22.0. The van der Waals surface area contributed by atoms with Crippen LogP contribution in [0, 0.1) is 0 Å². The number of nitrogens with one attached hydrogen (secondary N) is 2. The van der Waals surface area contributed by atoms with Gasteiger partial charge in [-0.05, 0) is 25.3 Å². The predicted molar refractivity (Wildman–Crippen MR) is 123 cm³/mol. The number of nitrogens with zero attached hydrogens (tertiary/aromatic N) is 5. The highest BCUT2D eigenvalue weighted by molar-refractivity contribution is 8.04. The predicted octanol–water partition coefficient (Wildman–Crippen LogP) is 0.992. The number of carbonyl (C=O) groups excluding carboxylic acids is 1. The molecule has 3 N–H and O–H groups in total. The molecule has 1 atom stereocenters. The number of alkyl halides is 2. The van der Waals surface area contributed by atoms with Gasteiger partial charge in [-0.15, -0.1) is 11.8 Å². The van der Waals surface area contributed by atoms with Gasteiger partial charge in [0.25, 0.3) is 11.8 Å². The number of imidazole rings is 1. The molecule has 10 nitrogen and oxygen atoms in total. The molecule has 35 heavy (non-hydrogen) atoms. The summed E-state index contributed by atoms with van der Waals surface area (Å²) < 4.78 is 28.8. The van der Waals surface area contributed by atoms with E-state index in [4.69, 9.17) is 9.98 Å². The van der Waals surface area contributed by atoms with Gasteiger partial charge in [-0.2, -0.15) is 9.61 Å². The third-order valence-electron chi connectivity index (χ3n) is 6.18. The molecule has 0 bridgehead atoms. The van der Waals surface area contributed by atoms with Crippen LogP contribution in [0.3, 0.4) is 0 Å². The van der Waals surface area contributed by atoms with Crippen molar-refractivity contribution in [1.82, 2.24) is 29.5 Å². The highest BCUT2D eigenvalue weighted by atomic mass is 32.2. The minimum absolute atomic E-state index is 0.0478. The fraction of sp³-hybridized carbons (Fsp3) is 0.409. The monoisotopic (exact) mass is 501 g/mol. The Labute approximate surface area is 200 Å². The number of thioether (sulfide) groups is 1. The molecule has 3 aliphatic rings. The Hall–Kier alpha value is -3.48. The summed E-state index contributed by atoms with van der Waals surface area (Å²) in [7, 11) is 0. The molecule has 0 radical (unpaired) electrons. The van der Waals surface area contributed by atoms with Gasteiger partial charge in [-0.25, -0.2) is 18.6 Å². The third-order valence-corrected chi connectivity index (χ3v) is 7.49. The molecule has 182 valence electrons. The van der Waals surface area contributed by atoms with E-state index in [2.05, 4.69) is 15.1 Å². The molecule has 2 aliphatic heterocycles. The summed E-state index contributed by atoms with van der Waals surface area (Å²) in [5, 5.41) is 14.7. The summed E-state index contributed by atoms with van der Waals surface area (Å²) in [6.45, 7) is -0.502. The van der Waals surface area contributed by atoms with Gasteiger partial charge in [0.05, 0.1) is 34.6 Å². The summed E-state index contributed by atoms with van der Waals surface area (Å²) >= 11 is 1.32. The summed E-state index contributed by atoms with van der Waals surface area (Å²) in [5.74, 6) is -3.50. The lowest BCUT2D eigenvalue weighted by molar-refractivity contribution is -0.126. The molecule has 6 rings (SSSR count). The van der Waals surface area contributed by atoms with Crippen molar-refractivity contribution < 1.29 is 18.7 Å². The van der Waals surface area contributed by atoms with Crippen LogP contribution in [-0.2, 0) is 4.79 Å². The second-order valence-corrected chi connectivity index (χ2v) is 10.2. The lowest BCUT2D eigenvalue weighted by atomic mass is 10.2. The SMILES string of the molecule is O=C(C1=CCC(c2cc(=NC3CC3)n3ncc(=Cc4[nH]c(=O)[nH]c4O)c3n2)S1)N1CCC(F)(F)C1. The fourth-order valence-corrected chi connectivity index (χ4v) is 5.39. The van der Waals surface area contributed by atoms with E-state index < -0.39 is 18.2 Å². The van der Waals surface area contributed by atoms with Crippen LogP contribution in [0.4, 0.5) is 8.78 Å². The Morgan fingerprint density at radius 2 is 2.17 bits per heavy atom. The quantitative estimate of drug-likeness (QED) is 0.489. The number of aromatic hydroxyl groups is 1. The van der Waals surface area contributed by atoms with Gasteiger partial charge in [0, 0.05) is 24.3 Å². The Kier molecular flexibility index (Phi) is 5.06. The Balaban J connectivity index is 1.35. The molecular weight excluding hydrogens is 480 g/mol. The number of rotatable bonds is 4. The topological polar surface area (TPSA) is 132 Å². The number of likely N-dealkylation sites (tertiary alicyclic amines) is 1. The number of carbonyl (C=O) groups is 1. The molecule has 3 aromatic heterocycles. The molecular formula is C22H21F2N7O3S. The number of H-pyrrole nitrogens is 2. The standard InChI is InChI=1S/C22H21F2N7O3S/c23-22(24)5-6-30(10-22)20(33)16-4-3-15(35-16)13-8-17(26-12-1-2-12)31-18(27-13)11(9-25-31)7-14-19(32)29-21(34)28-14/h4,7-9,12,15,32H,1-3,5-6,10H2,(H2,28,29,34). The van der Waals surface area contributed by atoms with Crippen molar-refractivity contribution in [3.05, 3.63) is 55.8 Å². The molecule has 5 heterocycles. The fourth-order valence-electron chi connectivity index (χ4n) is 4.23. The minimum Gasteiger partial charge on any atom is -0.493 e. The zero-order valence-corrected chi connectivity index (χ0v) is 19.2. The first-order valence-corrected chi connectivity index (χ1v) is 12.1. The molecule has 1 unspecified atom stereocenters. The van der Waals surface area contributed by atoms with E-state index >= 15 is 0 Å². The van der Waals surface area contributed by atoms with Gasteiger partial charge >= 0.3 is 5.69 Å². The summed E-state index contributed by atoms with van der Waals surface area (Å²) in [5.41, 5.74) is 1.46. The van der Waals surface area contributed by atoms with Crippen molar-refractivity contribution in [1.29, 1.82) is 0 Å². The van der Waals surface area contributed by atoms with Gasteiger partial charge < -0.3 is 15.0 Å². The second kappa shape index (κ2) is 8.04. The van der Waals surface area contributed by atoms with Crippen molar-refractivity contribution in [3.8, 4) is 5.88 Å². The Morgan fingerprint density at radius 1 is 1.34 bits per heavy atom. The summed E-state index contributed by atoms with van der Waals surface area (Å²) in [4.78, 5) is 40.3. The highest BCUT2D eigenvalue weighted by Gasteiger charge is 2.41. The van der Waals surface area contributed by atoms with Gasteiger partial charge in [-0.1, -0.05) is 6.08 Å². The van der Waals surface area contributed by atoms with E-state index in [1.54, 1.807) is 22.9 Å². The van der Waals surface area contributed by atoms with Crippen LogP contribution < -0.4 is 16.4 Å². The minimum atomic E-state index is -2.84. The number of fused-ring (bicyclic) bond motifs is 1. The number of amides is 1. The van der Waals surface area contributed by atoms with E-state index in [1.165, 1.54) is 16.7 Å². The molecule has 1 saturated carbocycles. The average Bonchev–Trinajstić information content (AvgIpc) is 3.15. The maximum absolute atomic E-state index is 13.6. The van der Waals surface area contributed by atoms with Crippen molar-refractivity contribution in [3.63, 3.8) is 0 Å². The molecule has 2 fully saturated rings. The Morgan fingerprint density at radius 3 is 2.86 bits per heavy atom. The highest BCUT2D eigenvalue weighted by Crippen LogP contribution is 2.44. The maximum Gasteiger partial charge on any atom is 0.326 e. The number of aromatic amines is 2. The van der Waals surface area contributed by atoms with E-state index in [9.17, 15) is 23.5 Å². The number of allylic oxidation sites excluding steroid dienone is 1. The number of hydrogen-bond acceptors (Lipinski definition) is 7. The number of hydrogen-bond donors (Lipinski definition) is 3. The van der Waals surface area contributed by atoms with Crippen molar-refractivity contribution in [2.24, 2.45) is 4.99 Å². The average molecular weight is 502 g/mol. The zero-order valence-electron chi connectivity index (χ0n) is 18.4. The van der Waals surface area contributed by atoms with E-state index in [0.717, 1.165) is 12.8 Å². The van der Waals surface area contributed by atoms with Crippen molar-refractivity contribution in [2.45, 2.75) is 42.9 Å². The molecule has 1 aliphatic carbocycles. The third kappa shape index (κ3) is 4.24. The van der Waals surface area contributed by atoms with Gasteiger partial charge in [0.2, 0.25) is 5.88 Å². The van der Waals surface area contributed by atoms with E-state index in [0.29, 0.717) is 33.4 Å². The Bertz CT molecular complexity index is 1550. The van der Waals surface area contributed by atoms with Crippen LogP contribution in [0.25, 0.3) is 11.7 Å². The van der Waals surface area contributed by atoms with Crippen molar-refractivity contribution >= 4 is 29.4 Å². The summed E-state index contributed by atoms with van der Waals surface area (Å²) in [6.07, 6.45) is 7.13. The van der Waals surface area contributed by atoms with Crippen LogP contribution in [0.5, 0.6) is 5.88 Å². The first-order valence-electron chi connectivity index (χ1n) is 11.3. The molecule has 3 aromatic rings. The maximum atomic E-state index is 13.6. The van der Waals surface area contributed by atoms with E-state index in [-0.39, 0.29) is 41.7 Å². The van der Waals surface area contributed by atoms with Crippen LogP contribution in [0.1, 0.15) is 42.3 Å². The van der Waals surface area contributed by atoms with Crippen LogP contribution in [0.15, 0.2) is 33.0 Å². The molecule has 1 saturated heterocycles. The largest absolute Gasteiger partial charge is 0.493 e. The van der Waals surface area contributed by atoms with E-state index in [1.807, 2.05) is 6.07 Å². The van der Waals surface area contributed by atoms with Gasteiger partial charge in [0.1, 0.15) is 5.69 Å². The molecule has 13 heteroatoms. The first-order chi connectivity index (χ1) is 16.8. The molecule has 1 amide bonds. The molecule has 0 aromatic carbocycles.